The number of para-hydroxylation sites is 2. The van der Waals surface area contributed by atoms with Crippen LogP contribution in [0.5, 0.6) is 0 Å². The number of nitro groups is 1. The molecule has 8 heteroatoms. The molecule has 8 nitrogen and oxygen atoms in total. The van der Waals surface area contributed by atoms with Gasteiger partial charge in [0.2, 0.25) is 5.91 Å². The number of allylic oxidation sites excluding steroid dienone is 1. The highest BCUT2D eigenvalue weighted by atomic mass is 16.6. The van der Waals surface area contributed by atoms with E-state index in [1.54, 1.807) is 24.3 Å². The number of carbonyl (C=O) groups is 3. The molecule has 3 aliphatic heterocycles. The van der Waals surface area contributed by atoms with E-state index in [-0.39, 0.29) is 28.7 Å². The van der Waals surface area contributed by atoms with E-state index in [1.165, 1.54) is 24.3 Å². The van der Waals surface area contributed by atoms with Gasteiger partial charge in [-0.05, 0) is 42.3 Å². The number of rotatable bonds is 5. The molecular weight excluding hydrogens is 530 g/mol. The van der Waals surface area contributed by atoms with Crippen molar-refractivity contribution in [3.8, 4) is 0 Å². The standard InChI is InChI=1S/C34H25N3O5/c1-20-19-28-34(25-12-6-7-13-26(25)35-33(34)40)29(31(38)21-9-3-2-4-10-21)30(36(28)27-14-8-5-11-24(20)27)32(39)22-15-17-23(18-16-22)37(41)42/h2-19,28-30H,1H3,(H,35,40)/t28-,29-,30-,34+/m0/s1. The third-order valence-corrected chi connectivity index (χ3v) is 8.86. The van der Waals surface area contributed by atoms with Gasteiger partial charge in [-0.3, -0.25) is 24.5 Å². The summed E-state index contributed by atoms with van der Waals surface area (Å²) in [7, 11) is 0. The first-order valence-electron chi connectivity index (χ1n) is 13.7. The summed E-state index contributed by atoms with van der Waals surface area (Å²) < 4.78 is 0. The molecule has 1 spiro atoms. The van der Waals surface area contributed by atoms with Gasteiger partial charge in [0.15, 0.2) is 11.6 Å². The van der Waals surface area contributed by atoms with Crippen molar-refractivity contribution in [1.29, 1.82) is 0 Å². The molecule has 3 aliphatic rings. The molecule has 42 heavy (non-hydrogen) atoms. The molecule has 1 saturated heterocycles. The fraction of sp³-hybridized carbons (Fsp3) is 0.147. The Bertz CT molecular complexity index is 1830. The summed E-state index contributed by atoms with van der Waals surface area (Å²) in [6, 6.07) is 27.4. The lowest BCUT2D eigenvalue weighted by molar-refractivity contribution is -0.384. The van der Waals surface area contributed by atoms with Crippen LogP contribution in [0.25, 0.3) is 5.57 Å². The molecule has 0 bridgehead atoms. The van der Waals surface area contributed by atoms with E-state index in [9.17, 15) is 24.5 Å². The quantitative estimate of drug-likeness (QED) is 0.188. The molecule has 7 rings (SSSR count). The molecular formula is C34H25N3O5. The summed E-state index contributed by atoms with van der Waals surface area (Å²) in [5.41, 5.74) is 2.94. The van der Waals surface area contributed by atoms with Gasteiger partial charge in [0, 0.05) is 40.2 Å². The predicted molar refractivity (Wildman–Crippen MR) is 159 cm³/mol. The Hall–Kier alpha value is -5.37. The third-order valence-electron chi connectivity index (χ3n) is 8.86. The number of nitro benzene ring substituents is 1. The van der Waals surface area contributed by atoms with E-state index < -0.39 is 28.3 Å². The van der Waals surface area contributed by atoms with Crippen LogP contribution in [0.15, 0.2) is 109 Å². The predicted octanol–water partition coefficient (Wildman–Crippen LogP) is 5.84. The highest BCUT2D eigenvalue weighted by molar-refractivity contribution is 6.18. The second kappa shape index (κ2) is 9.34. The number of nitrogens with zero attached hydrogens (tertiary/aromatic N) is 2. The van der Waals surface area contributed by atoms with Gasteiger partial charge in [0.25, 0.3) is 5.69 Å². The number of nitrogens with one attached hydrogen (secondary N) is 1. The molecule has 1 N–H and O–H groups in total. The van der Waals surface area contributed by atoms with Crippen molar-refractivity contribution in [3.05, 3.63) is 142 Å². The molecule has 0 unspecified atom stereocenters. The third kappa shape index (κ3) is 3.44. The van der Waals surface area contributed by atoms with Crippen LogP contribution in [-0.4, -0.2) is 34.5 Å². The highest BCUT2D eigenvalue weighted by Gasteiger charge is 2.70. The number of fused-ring (bicyclic) bond motifs is 6. The van der Waals surface area contributed by atoms with Crippen LogP contribution in [0, 0.1) is 16.0 Å². The number of non-ortho nitro benzene ring substituents is 1. The maximum Gasteiger partial charge on any atom is 0.269 e. The van der Waals surface area contributed by atoms with E-state index in [4.69, 9.17) is 0 Å². The Morgan fingerprint density at radius 3 is 2.21 bits per heavy atom. The minimum Gasteiger partial charge on any atom is -0.352 e. The molecule has 4 aromatic rings. The van der Waals surface area contributed by atoms with Gasteiger partial charge in [-0.1, -0.05) is 72.8 Å². The van der Waals surface area contributed by atoms with Gasteiger partial charge in [-0.15, -0.1) is 0 Å². The lowest BCUT2D eigenvalue weighted by Gasteiger charge is -2.39. The molecule has 0 radical (unpaired) electrons. The van der Waals surface area contributed by atoms with Crippen molar-refractivity contribution < 1.29 is 19.3 Å². The summed E-state index contributed by atoms with van der Waals surface area (Å²) in [6.07, 6.45) is 2.00. The fourth-order valence-corrected chi connectivity index (χ4v) is 7.09. The Labute approximate surface area is 241 Å². The van der Waals surface area contributed by atoms with Crippen molar-refractivity contribution in [2.75, 3.05) is 10.2 Å². The minimum atomic E-state index is -1.42. The van der Waals surface area contributed by atoms with Crippen LogP contribution < -0.4 is 10.2 Å². The number of amides is 1. The van der Waals surface area contributed by atoms with Crippen LogP contribution in [0.4, 0.5) is 17.1 Å². The number of Topliss-reactive ketones (excluding diaryl/α,β-unsaturated/α-hetero) is 2. The summed E-state index contributed by atoms with van der Waals surface area (Å²) in [6.45, 7) is 1.97. The molecule has 0 saturated carbocycles. The van der Waals surface area contributed by atoms with E-state index in [0.29, 0.717) is 16.8 Å². The first-order valence-corrected chi connectivity index (χ1v) is 13.7. The molecule has 0 aromatic heterocycles. The van der Waals surface area contributed by atoms with Crippen LogP contribution >= 0.6 is 0 Å². The number of benzene rings is 4. The maximum absolute atomic E-state index is 14.7. The number of hydrogen-bond donors (Lipinski definition) is 1. The maximum atomic E-state index is 14.7. The van der Waals surface area contributed by atoms with Crippen molar-refractivity contribution >= 4 is 40.1 Å². The van der Waals surface area contributed by atoms with Crippen LogP contribution in [0.1, 0.15) is 38.8 Å². The van der Waals surface area contributed by atoms with Crippen LogP contribution in [0.2, 0.25) is 0 Å². The zero-order chi connectivity index (χ0) is 29.2. The van der Waals surface area contributed by atoms with Gasteiger partial charge < -0.3 is 10.2 Å². The minimum absolute atomic E-state index is 0.143. The van der Waals surface area contributed by atoms with Crippen molar-refractivity contribution in [2.24, 2.45) is 5.92 Å². The first-order chi connectivity index (χ1) is 20.3. The second-order valence-corrected chi connectivity index (χ2v) is 10.9. The topological polar surface area (TPSA) is 110 Å². The van der Waals surface area contributed by atoms with Gasteiger partial charge in [-0.2, -0.15) is 0 Å². The zero-order valence-electron chi connectivity index (χ0n) is 22.6. The molecule has 1 amide bonds. The van der Waals surface area contributed by atoms with E-state index in [2.05, 4.69) is 5.32 Å². The monoisotopic (exact) mass is 555 g/mol. The van der Waals surface area contributed by atoms with Gasteiger partial charge >= 0.3 is 0 Å². The van der Waals surface area contributed by atoms with Crippen LogP contribution in [0.3, 0.4) is 0 Å². The molecule has 0 aliphatic carbocycles. The number of anilines is 2. The average molecular weight is 556 g/mol. The van der Waals surface area contributed by atoms with Gasteiger partial charge in [-0.25, -0.2) is 0 Å². The lowest BCUT2D eigenvalue weighted by Crippen LogP contribution is -2.51. The summed E-state index contributed by atoms with van der Waals surface area (Å²) in [5.74, 6) is -2.15. The van der Waals surface area contributed by atoms with E-state index in [1.807, 2.05) is 72.5 Å². The second-order valence-electron chi connectivity index (χ2n) is 10.9. The molecule has 1 fully saturated rings. The van der Waals surface area contributed by atoms with Crippen molar-refractivity contribution in [2.45, 2.75) is 24.4 Å². The normalized spacial score (nSPS) is 23.5. The fourth-order valence-electron chi connectivity index (χ4n) is 7.09. The molecule has 4 atom stereocenters. The van der Waals surface area contributed by atoms with Gasteiger partial charge in [0.05, 0.1) is 16.9 Å². The van der Waals surface area contributed by atoms with E-state index in [0.717, 1.165) is 16.8 Å². The summed E-state index contributed by atoms with van der Waals surface area (Å²) in [4.78, 5) is 56.5. The summed E-state index contributed by atoms with van der Waals surface area (Å²) >= 11 is 0. The van der Waals surface area contributed by atoms with E-state index >= 15 is 0 Å². The number of carbonyl (C=O) groups excluding carboxylic acids is 3. The largest absolute Gasteiger partial charge is 0.352 e. The number of ketones is 2. The SMILES string of the molecule is CC1=C[C@@H]2N(c3ccccc31)[C@H](C(=O)c1ccc([N+](=O)[O-])cc1)[C@@H](C(=O)c1ccccc1)[C@]21C(=O)Nc2ccccc21. The molecule has 3 heterocycles. The van der Waals surface area contributed by atoms with Gasteiger partial charge in [0.1, 0.15) is 11.5 Å². The molecule has 206 valence electrons. The number of hydrogen-bond acceptors (Lipinski definition) is 6. The Morgan fingerprint density at radius 1 is 0.833 bits per heavy atom. The first kappa shape index (κ1) is 25.6. The Kier molecular flexibility index (Phi) is 5.69. The smallest absolute Gasteiger partial charge is 0.269 e. The Balaban J connectivity index is 1.53. The summed E-state index contributed by atoms with van der Waals surface area (Å²) in [5, 5.41) is 14.4. The highest BCUT2D eigenvalue weighted by Crippen LogP contribution is 2.58. The van der Waals surface area contributed by atoms with Crippen molar-refractivity contribution in [3.63, 3.8) is 0 Å². The average Bonchev–Trinajstić information content (AvgIpc) is 3.49. The lowest BCUT2D eigenvalue weighted by atomic mass is 9.64. The molecule has 4 aromatic carbocycles. The Morgan fingerprint density at radius 2 is 1.48 bits per heavy atom. The van der Waals surface area contributed by atoms with Crippen LogP contribution in [-0.2, 0) is 10.2 Å². The zero-order valence-corrected chi connectivity index (χ0v) is 22.6. The van der Waals surface area contributed by atoms with Crippen molar-refractivity contribution in [1.82, 2.24) is 0 Å².